The monoisotopic (exact) mass is 228 g/mol. The predicted molar refractivity (Wildman–Crippen MR) is 59.2 cm³/mol. The van der Waals surface area contributed by atoms with Crippen molar-refractivity contribution in [1.82, 2.24) is 10.2 Å². The van der Waals surface area contributed by atoms with Crippen molar-refractivity contribution in [1.29, 1.82) is 0 Å². The molecule has 5 nitrogen and oxygen atoms in total. The Balaban J connectivity index is 2.04. The predicted octanol–water partition coefficient (Wildman–Crippen LogP) is -0.386. The number of rotatable bonds is 2. The summed E-state index contributed by atoms with van der Waals surface area (Å²) >= 11 is 0. The van der Waals surface area contributed by atoms with Gasteiger partial charge in [0, 0.05) is 20.2 Å². The van der Waals surface area contributed by atoms with E-state index in [2.05, 4.69) is 5.32 Å². The van der Waals surface area contributed by atoms with Crippen LogP contribution in [0.25, 0.3) is 0 Å². The van der Waals surface area contributed by atoms with Crippen molar-refractivity contribution in [3.8, 4) is 0 Å². The highest BCUT2D eigenvalue weighted by Crippen LogP contribution is 2.25. The number of piperidine rings is 1. The van der Waals surface area contributed by atoms with Gasteiger partial charge in [-0.15, -0.1) is 0 Å². The summed E-state index contributed by atoms with van der Waals surface area (Å²) < 4.78 is 10.8. The maximum atomic E-state index is 12.4. The van der Waals surface area contributed by atoms with Crippen LogP contribution in [0, 0.1) is 0 Å². The molecule has 92 valence electrons. The van der Waals surface area contributed by atoms with Crippen LogP contribution in [0.4, 0.5) is 0 Å². The molecule has 0 atom stereocenters. The number of morpholine rings is 1. The van der Waals surface area contributed by atoms with Crippen LogP contribution in [0.15, 0.2) is 0 Å². The normalized spacial score (nSPS) is 25.4. The number of ether oxygens (including phenoxy) is 2. The van der Waals surface area contributed by atoms with E-state index in [-0.39, 0.29) is 5.91 Å². The van der Waals surface area contributed by atoms with Crippen LogP contribution in [-0.2, 0) is 14.3 Å². The van der Waals surface area contributed by atoms with E-state index in [0.29, 0.717) is 26.3 Å². The molecule has 2 fully saturated rings. The molecule has 0 aromatic rings. The van der Waals surface area contributed by atoms with E-state index < -0.39 is 5.60 Å². The molecule has 0 radical (unpaired) electrons. The Kier molecular flexibility index (Phi) is 3.78. The first-order chi connectivity index (χ1) is 7.78. The van der Waals surface area contributed by atoms with E-state index in [9.17, 15) is 4.79 Å². The number of nitrogens with one attached hydrogen (secondary N) is 1. The Hall–Kier alpha value is -0.650. The van der Waals surface area contributed by atoms with Gasteiger partial charge in [-0.05, 0) is 25.9 Å². The zero-order chi connectivity index (χ0) is 11.4. The number of nitrogens with zero attached hydrogens (tertiary/aromatic N) is 1. The van der Waals surface area contributed by atoms with E-state index in [0.717, 1.165) is 25.9 Å². The van der Waals surface area contributed by atoms with Crippen LogP contribution in [0.2, 0.25) is 0 Å². The Bertz CT molecular complexity index is 246. The fraction of sp³-hybridized carbons (Fsp3) is 0.909. The lowest BCUT2D eigenvalue weighted by Crippen LogP contribution is -2.57. The minimum absolute atomic E-state index is 0.139. The fourth-order valence-corrected chi connectivity index (χ4v) is 2.39. The lowest BCUT2D eigenvalue weighted by molar-refractivity contribution is -0.162. The second-order valence-corrected chi connectivity index (χ2v) is 4.35. The molecule has 0 aromatic heterocycles. The zero-order valence-electron chi connectivity index (χ0n) is 9.83. The summed E-state index contributed by atoms with van der Waals surface area (Å²) in [6.07, 6.45) is 1.53. The number of carbonyl (C=O) groups excluding carboxylic acids is 1. The van der Waals surface area contributed by atoms with Gasteiger partial charge in [0.1, 0.15) is 5.60 Å². The van der Waals surface area contributed by atoms with Crippen molar-refractivity contribution in [3.63, 3.8) is 0 Å². The molecule has 0 unspecified atom stereocenters. The lowest BCUT2D eigenvalue weighted by Gasteiger charge is -2.40. The molecule has 1 N–H and O–H groups in total. The summed E-state index contributed by atoms with van der Waals surface area (Å²) in [5, 5.41) is 3.26. The van der Waals surface area contributed by atoms with Crippen molar-refractivity contribution in [2.24, 2.45) is 0 Å². The lowest BCUT2D eigenvalue weighted by atomic mass is 9.90. The van der Waals surface area contributed by atoms with E-state index in [4.69, 9.17) is 9.47 Å². The summed E-state index contributed by atoms with van der Waals surface area (Å²) in [7, 11) is 1.64. The van der Waals surface area contributed by atoms with Gasteiger partial charge in [-0.3, -0.25) is 4.79 Å². The topological polar surface area (TPSA) is 50.8 Å². The van der Waals surface area contributed by atoms with Crippen molar-refractivity contribution in [3.05, 3.63) is 0 Å². The third-order valence-electron chi connectivity index (χ3n) is 3.49. The molecule has 2 heterocycles. The zero-order valence-corrected chi connectivity index (χ0v) is 9.83. The highest BCUT2D eigenvalue weighted by Gasteiger charge is 2.42. The first-order valence-corrected chi connectivity index (χ1v) is 5.91. The Morgan fingerprint density at radius 1 is 1.31 bits per heavy atom. The smallest absolute Gasteiger partial charge is 0.255 e. The maximum absolute atomic E-state index is 12.4. The van der Waals surface area contributed by atoms with E-state index in [1.807, 2.05) is 4.90 Å². The van der Waals surface area contributed by atoms with Crippen molar-refractivity contribution >= 4 is 5.91 Å². The SMILES string of the molecule is COC1(C(=O)N2CCOCC2)CCNCC1. The Morgan fingerprint density at radius 2 is 1.94 bits per heavy atom. The van der Waals surface area contributed by atoms with Crippen LogP contribution >= 0.6 is 0 Å². The van der Waals surface area contributed by atoms with Gasteiger partial charge >= 0.3 is 0 Å². The van der Waals surface area contributed by atoms with Gasteiger partial charge in [0.15, 0.2) is 0 Å². The van der Waals surface area contributed by atoms with Gasteiger partial charge in [-0.2, -0.15) is 0 Å². The first-order valence-electron chi connectivity index (χ1n) is 5.91. The van der Waals surface area contributed by atoms with E-state index >= 15 is 0 Å². The quantitative estimate of drug-likeness (QED) is 0.699. The fourth-order valence-electron chi connectivity index (χ4n) is 2.39. The highest BCUT2D eigenvalue weighted by molar-refractivity contribution is 5.85. The summed E-state index contributed by atoms with van der Waals surface area (Å²) in [5.74, 6) is 0.139. The minimum Gasteiger partial charge on any atom is -0.378 e. The highest BCUT2D eigenvalue weighted by atomic mass is 16.5. The van der Waals surface area contributed by atoms with Crippen LogP contribution < -0.4 is 5.32 Å². The molecule has 2 rings (SSSR count). The van der Waals surface area contributed by atoms with Crippen LogP contribution in [0.1, 0.15) is 12.8 Å². The third-order valence-corrected chi connectivity index (χ3v) is 3.49. The molecule has 2 saturated heterocycles. The Labute approximate surface area is 96.1 Å². The third kappa shape index (κ3) is 2.21. The first kappa shape index (κ1) is 11.8. The average molecular weight is 228 g/mol. The molecular formula is C11H20N2O3. The standard InChI is InChI=1S/C11H20N2O3/c1-15-11(2-4-12-5-3-11)10(14)13-6-8-16-9-7-13/h12H,2-9H2,1H3. The molecule has 0 bridgehead atoms. The summed E-state index contributed by atoms with van der Waals surface area (Å²) in [5.41, 5.74) is -0.595. The van der Waals surface area contributed by atoms with Gasteiger partial charge < -0.3 is 19.7 Å². The summed E-state index contributed by atoms with van der Waals surface area (Å²) in [6.45, 7) is 4.37. The van der Waals surface area contributed by atoms with Gasteiger partial charge in [-0.1, -0.05) is 0 Å². The Morgan fingerprint density at radius 3 is 2.50 bits per heavy atom. The molecular weight excluding hydrogens is 208 g/mol. The van der Waals surface area contributed by atoms with Gasteiger partial charge in [-0.25, -0.2) is 0 Å². The van der Waals surface area contributed by atoms with Crippen molar-refractivity contribution < 1.29 is 14.3 Å². The number of amides is 1. The van der Waals surface area contributed by atoms with Gasteiger partial charge in [0.2, 0.25) is 0 Å². The molecule has 0 aliphatic carbocycles. The number of hydrogen-bond acceptors (Lipinski definition) is 4. The van der Waals surface area contributed by atoms with Crippen LogP contribution in [-0.4, -0.2) is 62.9 Å². The number of carbonyl (C=O) groups is 1. The van der Waals surface area contributed by atoms with Gasteiger partial charge in [0.05, 0.1) is 13.2 Å². The molecule has 2 aliphatic heterocycles. The second-order valence-electron chi connectivity index (χ2n) is 4.35. The molecule has 0 aromatic carbocycles. The van der Waals surface area contributed by atoms with Crippen LogP contribution in [0.3, 0.4) is 0 Å². The average Bonchev–Trinajstić information content (AvgIpc) is 2.39. The second kappa shape index (κ2) is 5.12. The maximum Gasteiger partial charge on any atom is 0.255 e. The molecule has 16 heavy (non-hydrogen) atoms. The molecule has 5 heteroatoms. The number of methoxy groups -OCH3 is 1. The number of hydrogen-bond donors (Lipinski definition) is 1. The molecule has 0 saturated carbocycles. The molecule has 1 amide bonds. The largest absolute Gasteiger partial charge is 0.378 e. The van der Waals surface area contributed by atoms with Crippen molar-refractivity contribution in [2.45, 2.75) is 18.4 Å². The summed E-state index contributed by atoms with van der Waals surface area (Å²) in [6, 6.07) is 0. The van der Waals surface area contributed by atoms with Crippen LogP contribution in [0.5, 0.6) is 0 Å². The van der Waals surface area contributed by atoms with E-state index in [1.165, 1.54) is 0 Å². The summed E-state index contributed by atoms with van der Waals surface area (Å²) in [4.78, 5) is 14.3. The molecule has 0 spiro atoms. The van der Waals surface area contributed by atoms with Gasteiger partial charge in [0.25, 0.3) is 5.91 Å². The van der Waals surface area contributed by atoms with Crippen molar-refractivity contribution in [2.75, 3.05) is 46.5 Å². The van der Waals surface area contributed by atoms with E-state index in [1.54, 1.807) is 7.11 Å². The minimum atomic E-state index is -0.595. The molecule has 2 aliphatic rings.